The first-order valence-electron chi connectivity index (χ1n) is 20.9. The van der Waals surface area contributed by atoms with Gasteiger partial charge in [0.15, 0.2) is 0 Å². The minimum absolute atomic E-state index is 0.221. The Balaban J connectivity index is 4.79. The van der Waals surface area contributed by atoms with Gasteiger partial charge < -0.3 is 14.7 Å². The molecule has 0 saturated heterocycles. The molecule has 0 unspecified atom stereocenters. The van der Waals surface area contributed by atoms with Crippen LogP contribution in [0.25, 0.3) is 0 Å². The number of amides is 3. The van der Waals surface area contributed by atoms with Crippen LogP contribution in [-0.2, 0) is 9.59 Å². The first-order valence-corrected chi connectivity index (χ1v) is 21.4. The first kappa shape index (κ1) is 46.8. The second-order valence-corrected chi connectivity index (χ2v) is 14.7. The third-order valence-corrected chi connectivity index (χ3v) is 10.0. The number of carbonyl (C=O) groups is 3. The molecule has 284 valence electrons. The predicted octanol–water partition coefficient (Wildman–Crippen LogP) is 12.0. The number of nitrogens with zero attached hydrogens (tertiary/aromatic N) is 3. The van der Waals surface area contributed by atoms with Crippen molar-refractivity contribution in [2.45, 2.75) is 207 Å². The lowest BCUT2D eigenvalue weighted by molar-refractivity contribution is -0.132. The van der Waals surface area contributed by atoms with Crippen molar-refractivity contribution in [1.82, 2.24) is 14.7 Å². The SMILES string of the molecule is CCCCCCCCN(CCCCCCCC)C(=O)CCCN(CCCC(=O)N(CCCCCCCC)CCCCCCCC)C(=O)S. The molecule has 0 heterocycles. The number of thiol groups is 1. The van der Waals surface area contributed by atoms with Gasteiger partial charge in [-0.3, -0.25) is 14.4 Å². The van der Waals surface area contributed by atoms with Crippen LogP contribution in [0, 0.1) is 0 Å². The highest BCUT2D eigenvalue weighted by Crippen LogP contribution is 2.14. The number of rotatable bonds is 36. The van der Waals surface area contributed by atoms with Gasteiger partial charge in [-0.15, -0.1) is 0 Å². The smallest absolute Gasteiger partial charge is 0.278 e. The molecule has 6 nitrogen and oxygen atoms in total. The maximum absolute atomic E-state index is 13.3. The maximum Gasteiger partial charge on any atom is 0.278 e. The molecule has 0 atom stereocenters. The second-order valence-electron chi connectivity index (χ2n) is 14.3. The summed E-state index contributed by atoms with van der Waals surface area (Å²) in [5.41, 5.74) is 0. The Morgan fingerprint density at radius 1 is 0.333 bits per heavy atom. The van der Waals surface area contributed by atoms with Crippen molar-refractivity contribution < 1.29 is 14.4 Å². The van der Waals surface area contributed by atoms with Crippen LogP contribution in [0.1, 0.15) is 207 Å². The van der Waals surface area contributed by atoms with Crippen LogP contribution in [0.15, 0.2) is 0 Å². The molecule has 0 aromatic carbocycles. The van der Waals surface area contributed by atoms with Crippen LogP contribution in [0.3, 0.4) is 0 Å². The largest absolute Gasteiger partial charge is 0.343 e. The van der Waals surface area contributed by atoms with Gasteiger partial charge in [-0.25, -0.2) is 0 Å². The molecular weight excluding hydrogens is 615 g/mol. The third-order valence-electron chi connectivity index (χ3n) is 9.74. The molecule has 0 rings (SSSR count). The van der Waals surface area contributed by atoms with E-state index in [0.717, 1.165) is 51.9 Å². The second kappa shape index (κ2) is 35.6. The van der Waals surface area contributed by atoms with Crippen molar-refractivity contribution in [2.24, 2.45) is 0 Å². The molecule has 0 N–H and O–H groups in total. The van der Waals surface area contributed by atoms with Crippen LogP contribution in [-0.4, -0.2) is 71.0 Å². The molecule has 0 aromatic rings. The van der Waals surface area contributed by atoms with Gasteiger partial charge in [0.05, 0.1) is 0 Å². The van der Waals surface area contributed by atoms with E-state index in [0.29, 0.717) is 38.8 Å². The summed E-state index contributed by atoms with van der Waals surface area (Å²) in [7, 11) is 0. The molecule has 0 aliphatic rings. The molecule has 0 fully saturated rings. The Morgan fingerprint density at radius 2 is 0.562 bits per heavy atom. The monoisotopic (exact) mass is 696 g/mol. The Kier molecular flexibility index (Phi) is 34.7. The normalized spacial score (nSPS) is 11.2. The van der Waals surface area contributed by atoms with Crippen LogP contribution < -0.4 is 0 Å². The zero-order valence-corrected chi connectivity index (χ0v) is 33.4. The zero-order chi connectivity index (χ0) is 35.5. The minimum Gasteiger partial charge on any atom is -0.343 e. The minimum atomic E-state index is -0.262. The van der Waals surface area contributed by atoms with Crippen LogP contribution in [0.4, 0.5) is 4.79 Å². The highest BCUT2D eigenvalue weighted by atomic mass is 32.1. The van der Waals surface area contributed by atoms with E-state index in [1.165, 1.54) is 128 Å². The first-order chi connectivity index (χ1) is 23.4. The van der Waals surface area contributed by atoms with Crippen molar-refractivity contribution >= 4 is 29.7 Å². The predicted molar refractivity (Wildman–Crippen MR) is 211 cm³/mol. The molecule has 0 aliphatic carbocycles. The van der Waals surface area contributed by atoms with E-state index in [1.54, 1.807) is 4.90 Å². The summed E-state index contributed by atoms with van der Waals surface area (Å²) in [5, 5.41) is -0.262. The molecule has 48 heavy (non-hydrogen) atoms. The standard InChI is InChI=1S/C41H81N3O3S/c1-5-9-13-17-21-25-33-42(34-26-22-18-14-10-6-2)39(45)31-29-37-44(41(47)48)38-30-32-40(46)43(35-27-23-19-15-11-7-3)36-28-24-20-16-12-8-4/h5-38H2,1-4H3,(H,47,48). The van der Waals surface area contributed by atoms with E-state index in [2.05, 4.69) is 50.1 Å². The lowest BCUT2D eigenvalue weighted by Crippen LogP contribution is -2.35. The van der Waals surface area contributed by atoms with Gasteiger partial charge >= 0.3 is 0 Å². The van der Waals surface area contributed by atoms with E-state index in [1.807, 2.05) is 0 Å². The van der Waals surface area contributed by atoms with Gasteiger partial charge in [0.25, 0.3) is 5.24 Å². The van der Waals surface area contributed by atoms with Gasteiger partial charge in [0, 0.05) is 52.1 Å². The number of hydrogen-bond acceptors (Lipinski definition) is 3. The summed E-state index contributed by atoms with van der Waals surface area (Å²) >= 11 is 4.14. The van der Waals surface area contributed by atoms with E-state index in [-0.39, 0.29) is 17.1 Å². The fourth-order valence-corrected chi connectivity index (χ4v) is 6.72. The molecule has 0 saturated carbocycles. The van der Waals surface area contributed by atoms with Gasteiger partial charge in [0.2, 0.25) is 11.8 Å². The van der Waals surface area contributed by atoms with Crippen LogP contribution >= 0.6 is 12.6 Å². The van der Waals surface area contributed by atoms with Crippen molar-refractivity contribution in [1.29, 1.82) is 0 Å². The fraction of sp³-hybridized carbons (Fsp3) is 0.927. The van der Waals surface area contributed by atoms with Crippen molar-refractivity contribution in [3.8, 4) is 0 Å². The van der Waals surface area contributed by atoms with E-state index < -0.39 is 0 Å². The Hall–Kier alpha value is -1.24. The van der Waals surface area contributed by atoms with Crippen molar-refractivity contribution in [3.05, 3.63) is 0 Å². The molecule has 7 heteroatoms. The summed E-state index contributed by atoms with van der Waals surface area (Å²) in [4.78, 5) is 44.8. The molecule has 0 radical (unpaired) electrons. The summed E-state index contributed by atoms with van der Waals surface area (Å²) in [6.07, 6.45) is 31.7. The zero-order valence-electron chi connectivity index (χ0n) is 32.6. The summed E-state index contributed by atoms with van der Waals surface area (Å²) in [6.45, 7) is 13.4. The van der Waals surface area contributed by atoms with Gasteiger partial charge in [-0.1, -0.05) is 169 Å². The molecule has 3 amide bonds. The molecule has 0 aliphatic heterocycles. The van der Waals surface area contributed by atoms with Crippen molar-refractivity contribution in [2.75, 3.05) is 39.3 Å². The van der Waals surface area contributed by atoms with Gasteiger partial charge in [-0.2, -0.15) is 0 Å². The lowest BCUT2D eigenvalue weighted by atomic mass is 10.1. The Bertz CT molecular complexity index is 664. The van der Waals surface area contributed by atoms with Gasteiger partial charge in [-0.05, 0) is 38.5 Å². The number of hydrogen-bond donors (Lipinski definition) is 1. The molecule has 0 spiro atoms. The highest BCUT2D eigenvalue weighted by Gasteiger charge is 2.17. The van der Waals surface area contributed by atoms with Crippen LogP contribution in [0.5, 0.6) is 0 Å². The molecule has 0 aromatic heterocycles. The summed E-state index contributed by atoms with van der Waals surface area (Å²) in [6, 6.07) is 0. The number of unbranched alkanes of at least 4 members (excludes halogenated alkanes) is 20. The number of carbonyl (C=O) groups excluding carboxylic acids is 3. The maximum atomic E-state index is 13.3. The van der Waals surface area contributed by atoms with Crippen LogP contribution in [0.2, 0.25) is 0 Å². The van der Waals surface area contributed by atoms with Gasteiger partial charge in [0.1, 0.15) is 0 Å². The lowest BCUT2D eigenvalue weighted by Gasteiger charge is -2.25. The van der Waals surface area contributed by atoms with E-state index in [4.69, 9.17) is 0 Å². The summed E-state index contributed by atoms with van der Waals surface area (Å²) < 4.78 is 0. The van der Waals surface area contributed by atoms with E-state index >= 15 is 0 Å². The van der Waals surface area contributed by atoms with Crippen molar-refractivity contribution in [3.63, 3.8) is 0 Å². The Labute approximate surface area is 304 Å². The molecule has 0 bridgehead atoms. The average molecular weight is 696 g/mol. The highest BCUT2D eigenvalue weighted by molar-refractivity contribution is 7.96. The fourth-order valence-electron chi connectivity index (χ4n) is 6.52. The van der Waals surface area contributed by atoms with E-state index in [9.17, 15) is 14.4 Å². The summed E-state index contributed by atoms with van der Waals surface area (Å²) in [5.74, 6) is 0.442. The average Bonchev–Trinajstić information content (AvgIpc) is 3.07. The molecular formula is C41H81N3O3S. The quantitative estimate of drug-likeness (QED) is 0.0524. The third kappa shape index (κ3) is 28.6. The Morgan fingerprint density at radius 3 is 0.812 bits per heavy atom. The topological polar surface area (TPSA) is 60.9 Å².